The Kier molecular flexibility index (Phi) is 69.1. The summed E-state index contributed by atoms with van der Waals surface area (Å²) in [5, 5.41) is 11.8. The van der Waals surface area contributed by atoms with Gasteiger partial charge in [0.2, 0.25) is 0 Å². The van der Waals surface area contributed by atoms with Gasteiger partial charge in [0.1, 0.15) is 13.2 Å². The van der Waals surface area contributed by atoms with Gasteiger partial charge in [-0.2, -0.15) is 0 Å². The van der Waals surface area contributed by atoms with Gasteiger partial charge in [0, 0.05) is 12.8 Å². The van der Waals surface area contributed by atoms with Crippen molar-refractivity contribution in [2.75, 3.05) is 47.5 Å². The maximum absolute atomic E-state index is 12.9. The normalized spacial score (nSPS) is 13.4. The molecule has 0 rings (SSSR count). The second-order valence-corrected chi connectivity index (χ2v) is 26.6. The lowest BCUT2D eigenvalue weighted by molar-refractivity contribution is -0.870. The van der Waals surface area contributed by atoms with E-state index in [1.807, 2.05) is 21.1 Å². The van der Waals surface area contributed by atoms with E-state index >= 15 is 0 Å². The van der Waals surface area contributed by atoms with E-state index in [-0.39, 0.29) is 38.6 Å². The number of carbonyl (C=O) groups is 3. The smallest absolute Gasteiger partial charge is 0.306 e. The van der Waals surface area contributed by atoms with Crippen molar-refractivity contribution in [2.24, 2.45) is 0 Å². The Bertz CT molecular complexity index is 1930. The van der Waals surface area contributed by atoms with E-state index in [0.717, 1.165) is 109 Å². The summed E-state index contributed by atoms with van der Waals surface area (Å²) in [7, 11) is 5.92. The van der Waals surface area contributed by atoms with Crippen LogP contribution in [0.5, 0.6) is 0 Å². The molecule has 0 saturated carbocycles. The van der Waals surface area contributed by atoms with Crippen molar-refractivity contribution in [3.63, 3.8) is 0 Å². The van der Waals surface area contributed by atoms with Crippen molar-refractivity contribution >= 4 is 17.9 Å². The molecule has 2 unspecified atom stereocenters. The zero-order valence-electron chi connectivity index (χ0n) is 60.4. The molecule has 2 atom stereocenters. The van der Waals surface area contributed by atoms with E-state index in [0.29, 0.717) is 17.4 Å². The van der Waals surface area contributed by atoms with Crippen LogP contribution < -0.4 is 5.11 Å². The van der Waals surface area contributed by atoms with Crippen LogP contribution >= 0.6 is 0 Å². The first-order chi connectivity index (χ1) is 45.1. The summed E-state index contributed by atoms with van der Waals surface area (Å²) in [4.78, 5) is 37.6. The molecule has 0 aromatic heterocycles. The molecule has 528 valence electrons. The van der Waals surface area contributed by atoms with Gasteiger partial charge < -0.3 is 33.3 Å². The largest absolute Gasteiger partial charge is 0.545 e. The minimum Gasteiger partial charge on any atom is -0.545 e. The van der Waals surface area contributed by atoms with E-state index in [9.17, 15) is 19.5 Å². The first-order valence-corrected chi connectivity index (χ1v) is 38.2. The molecule has 0 heterocycles. The molecule has 9 nitrogen and oxygen atoms in total. The van der Waals surface area contributed by atoms with Crippen LogP contribution in [-0.2, 0) is 33.3 Å². The summed E-state index contributed by atoms with van der Waals surface area (Å²) in [6.45, 7) is 4.64. The quantitative estimate of drug-likeness (QED) is 0.0195. The molecule has 0 fully saturated rings. The Morgan fingerprint density at radius 3 is 0.924 bits per heavy atom. The molecule has 92 heavy (non-hydrogen) atoms. The van der Waals surface area contributed by atoms with Crippen LogP contribution in [0.1, 0.15) is 328 Å². The van der Waals surface area contributed by atoms with Gasteiger partial charge in [-0.25, -0.2) is 0 Å². The third-order valence-electron chi connectivity index (χ3n) is 16.5. The minimum atomic E-state index is -1.64. The molecule has 9 heteroatoms. The fourth-order valence-electron chi connectivity index (χ4n) is 10.7. The number of carboxylic acid groups (broad SMARTS) is 1. The molecule has 0 aromatic carbocycles. The number of hydrogen-bond donors (Lipinski definition) is 0. The topological polar surface area (TPSA) is 111 Å². The Hall–Kier alpha value is -4.31. The van der Waals surface area contributed by atoms with E-state index in [4.69, 9.17) is 18.9 Å². The summed E-state index contributed by atoms with van der Waals surface area (Å²) >= 11 is 0. The number of likely N-dealkylation sites (N-methyl/N-ethyl adjacent to an activating group) is 1. The molecule has 0 spiro atoms. The highest BCUT2D eigenvalue weighted by atomic mass is 16.7. The van der Waals surface area contributed by atoms with Gasteiger partial charge in [-0.1, -0.05) is 347 Å². The Morgan fingerprint density at radius 1 is 0.337 bits per heavy atom. The highest BCUT2D eigenvalue weighted by Crippen LogP contribution is 2.18. The molecule has 0 aliphatic heterocycles. The van der Waals surface area contributed by atoms with Crippen LogP contribution in [0.4, 0.5) is 0 Å². The molecule has 0 aromatic rings. The Morgan fingerprint density at radius 2 is 0.620 bits per heavy atom. The highest BCUT2D eigenvalue weighted by Gasteiger charge is 2.22. The third kappa shape index (κ3) is 73.1. The lowest BCUT2D eigenvalue weighted by atomic mass is 10.0. The number of ether oxygens (including phenoxy) is 4. The van der Waals surface area contributed by atoms with Gasteiger partial charge in [0.05, 0.1) is 40.3 Å². The lowest BCUT2D eigenvalue weighted by Gasteiger charge is -2.26. The van der Waals surface area contributed by atoms with Crippen LogP contribution in [0.2, 0.25) is 0 Å². The highest BCUT2D eigenvalue weighted by molar-refractivity contribution is 5.70. The van der Waals surface area contributed by atoms with Crippen molar-refractivity contribution in [1.82, 2.24) is 0 Å². The first kappa shape index (κ1) is 87.7. The van der Waals surface area contributed by atoms with E-state index in [1.165, 1.54) is 186 Å². The van der Waals surface area contributed by atoms with Gasteiger partial charge in [-0.05, 0) is 89.9 Å². The summed E-state index contributed by atoms with van der Waals surface area (Å²) in [5.41, 5.74) is 0. The number of nitrogens with zero attached hydrogens (tertiary/aromatic N) is 1. The second-order valence-electron chi connectivity index (χ2n) is 26.6. The predicted octanol–water partition coefficient (Wildman–Crippen LogP) is 23.0. The standard InChI is InChI=1S/C83H143NO8/c1-6-8-10-12-14-16-18-20-22-24-26-28-30-32-34-36-38-40-41-42-44-46-48-50-52-54-56-58-60-62-64-66-68-70-72-74-81(86)92-79(78-91-83(82(87)88)89-76-75-84(3,4)5)77-90-80(85)73-71-69-67-65-63-61-59-57-55-53-51-49-47-45-43-39-37-35-33-31-29-27-25-23-21-19-17-15-13-11-9-7-2/h8,10,14,16,20,22,26,28,32,34,38,40,42,44,48,50,54,56,60,62,79,83H,6-7,9,11-13,15,17-19,21,23-25,27,29-31,33,35-37,39,41,43,45-47,49,51-53,55,57-59,61,63-78H2,1-5H3/b10-8-,16-14-,22-20-,28-26-,34-32-,40-38-,44-42-,50-48-,56-54-,62-60-. The number of hydrogen-bond acceptors (Lipinski definition) is 8. The first-order valence-electron chi connectivity index (χ1n) is 38.2. The fraction of sp³-hybridized carbons (Fsp3) is 0.723. The van der Waals surface area contributed by atoms with Crippen molar-refractivity contribution in [3.05, 3.63) is 122 Å². The number of carbonyl (C=O) groups excluding carboxylic acids is 3. The number of carboxylic acids is 1. The molecule has 0 bridgehead atoms. The number of quaternary nitrogens is 1. The average molecular weight is 1280 g/mol. The summed E-state index contributed by atoms with van der Waals surface area (Å²) in [6, 6.07) is 0. The van der Waals surface area contributed by atoms with Crippen molar-refractivity contribution < 1.29 is 42.9 Å². The van der Waals surface area contributed by atoms with E-state index < -0.39 is 24.3 Å². The molecule has 0 N–H and O–H groups in total. The third-order valence-corrected chi connectivity index (χ3v) is 16.5. The average Bonchev–Trinajstić information content (AvgIpc) is 3.70. The fourth-order valence-corrected chi connectivity index (χ4v) is 10.7. The number of esters is 2. The van der Waals surface area contributed by atoms with Crippen LogP contribution in [-0.4, -0.2) is 82.3 Å². The molecular formula is C83H143NO8. The van der Waals surface area contributed by atoms with E-state index in [1.54, 1.807) is 0 Å². The van der Waals surface area contributed by atoms with Crippen molar-refractivity contribution in [3.8, 4) is 0 Å². The monoisotopic (exact) mass is 1280 g/mol. The molecular weight excluding hydrogens is 1140 g/mol. The van der Waals surface area contributed by atoms with Crippen LogP contribution in [0, 0.1) is 0 Å². The lowest BCUT2D eigenvalue weighted by Crippen LogP contribution is -2.44. The van der Waals surface area contributed by atoms with E-state index in [2.05, 4.69) is 135 Å². The number of rotatable bonds is 70. The number of unbranched alkanes of at least 4 members (excludes halogenated alkanes) is 35. The van der Waals surface area contributed by atoms with Crippen molar-refractivity contribution in [2.45, 2.75) is 341 Å². The summed E-state index contributed by atoms with van der Waals surface area (Å²) in [5.74, 6) is -2.31. The van der Waals surface area contributed by atoms with Gasteiger partial charge in [0.25, 0.3) is 0 Å². The van der Waals surface area contributed by atoms with Gasteiger partial charge in [0.15, 0.2) is 12.4 Å². The second kappa shape index (κ2) is 72.5. The minimum absolute atomic E-state index is 0.138. The number of aliphatic carboxylic acids is 1. The molecule has 0 aliphatic rings. The summed E-state index contributed by atoms with van der Waals surface area (Å²) < 4.78 is 22.8. The van der Waals surface area contributed by atoms with Crippen LogP contribution in [0.3, 0.4) is 0 Å². The van der Waals surface area contributed by atoms with Crippen molar-refractivity contribution in [1.29, 1.82) is 0 Å². The summed E-state index contributed by atoms with van der Waals surface area (Å²) in [6.07, 6.45) is 100. The number of allylic oxidation sites excluding steroid dienone is 20. The Labute approximate surface area is 567 Å². The SMILES string of the molecule is CC/C=C\C/C=C\C/C=C\C/C=C\C/C=C\C/C=C\C/C=C\C/C=C\C/C=C\C/C=C\CCCCCCC(=O)OC(COC(=O)CCCCCCCCCCCCCCCCCCCCCCCCCCCCCCCCCC)COC(OCC[N+](C)(C)C)C(=O)[O-]. The zero-order valence-corrected chi connectivity index (χ0v) is 60.4. The maximum atomic E-state index is 12.9. The van der Waals surface area contributed by atoms with Gasteiger partial charge in [-0.3, -0.25) is 9.59 Å². The Balaban J connectivity index is 4.15. The van der Waals surface area contributed by atoms with Gasteiger partial charge >= 0.3 is 11.9 Å². The zero-order chi connectivity index (χ0) is 66.8. The predicted molar refractivity (Wildman–Crippen MR) is 393 cm³/mol. The van der Waals surface area contributed by atoms with Crippen LogP contribution in [0.25, 0.3) is 0 Å². The molecule has 0 saturated heterocycles. The molecule has 0 amide bonds. The maximum Gasteiger partial charge on any atom is 0.306 e. The van der Waals surface area contributed by atoms with Gasteiger partial charge in [-0.15, -0.1) is 0 Å². The molecule has 0 radical (unpaired) electrons. The van der Waals surface area contributed by atoms with Crippen LogP contribution in [0.15, 0.2) is 122 Å². The molecule has 0 aliphatic carbocycles.